The second-order valence-corrected chi connectivity index (χ2v) is 3.87. The summed E-state index contributed by atoms with van der Waals surface area (Å²) in [6, 6.07) is 3.86. The van der Waals surface area contributed by atoms with Crippen LogP contribution in [-0.4, -0.2) is 6.04 Å². The molecule has 1 aromatic carbocycles. The number of fused-ring (bicyclic) bond motifs is 1. The first-order valence-electron chi connectivity index (χ1n) is 4.70. The molecule has 0 amide bonds. The Hall–Kier alpha value is -0.600. The molecule has 78 valence electrons. The summed E-state index contributed by atoms with van der Waals surface area (Å²) in [6.45, 7) is 1.80. The topological polar surface area (TPSA) is 26.0 Å². The summed E-state index contributed by atoms with van der Waals surface area (Å²) in [5, 5.41) is 0. The highest BCUT2D eigenvalue weighted by Gasteiger charge is 2.16. The van der Waals surface area contributed by atoms with Gasteiger partial charge in [0.15, 0.2) is 0 Å². The molecule has 0 fully saturated rings. The van der Waals surface area contributed by atoms with Crippen molar-refractivity contribution in [3.05, 3.63) is 34.6 Å². The van der Waals surface area contributed by atoms with Crippen LogP contribution < -0.4 is 5.73 Å². The van der Waals surface area contributed by atoms with Crippen molar-refractivity contribution in [2.24, 2.45) is 5.73 Å². The number of nitrogens with two attached hydrogens (primary N) is 1. The molecule has 3 heteroatoms. The van der Waals surface area contributed by atoms with Gasteiger partial charge in [-0.3, -0.25) is 0 Å². The Kier molecular flexibility index (Phi) is 3.51. The van der Waals surface area contributed by atoms with Gasteiger partial charge in [-0.15, -0.1) is 12.4 Å². The van der Waals surface area contributed by atoms with Crippen LogP contribution in [-0.2, 0) is 12.8 Å². The van der Waals surface area contributed by atoms with E-state index in [1.807, 2.05) is 6.07 Å². The molecule has 0 radical (unpaired) electrons. The quantitative estimate of drug-likeness (QED) is 0.707. The van der Waals surface area contributed by atoms with E-state index in [1.54, 1.807) is 13.0 Å². The molecule has 0 bridgehead atoms. The molecule has 0 saturated heterocycles. The number of hydrogen-bond donors (Lipinski definition) is 1. The maximum atomic E-state index is 13.2. The molecule has 0 aromatic heterocycles. The average molecular weight is 216 g/mol. The SMILES string of the molecule is Cc1cc2c(cc1F)CC[C@H](N)C2.Cl. The van der Waals surface area contributed by atoms with Crippen molar-refractivity contribution < 1.29 is 4.39 Å². The molecule has 0 aliphatic heterocycles. The third-order valence-electron chi connectivity index (χ3n) is 2.75. The summed E-state index contributed by atoms with van der Waals surface area (Å²) < 4.78 is 13.2. The van der Waals surface area contributed by atoms with Gasteiger partial charge in [-0.05, 0) is 48.9 Å². The van der Waals surface area contributed by atoms with E-state index in [1.165, 1.54) is 5.56 Å². The lowest BCUT2D eigenvalue weighted by Crippen LogP contribution is -2.28. The molecule has 2 rings (SSSR count). The maximum absolute atomic E-state index is 13.2. The van der Waals surface area contributed by atoms with Crippen LogP contribution in [0.25, 0.3) is 0 Å². The predicted octanol–water partition coefficient (Wildman–Crippen LogP) is 2.37. The second kappa shape index (κ2) is 4.28. The maximum Gasteiger partial charge on any atom is 0.126 e. The standard InChI is InChI=1S/C11H14FN.ClH/c1-7-4-9-5-10(13)3-2-8(9)6-11(7)12;/h4,6,10H,2-3,5,13H2,1H3;1H/t10-;/m0./s1. The first kappa shape index (κ1) is 11.5. The monoisotopic (exact) mass is 215 g/mol. The smallest absolute Gasteiger partial charge is 0.126 e. The van der Waals surface area contributed by atoms with Crippen molar-refractivity contribution >= 4 is 12.4 Å². The summed E-state index contributed by atoms with van der Waals surface area (Å²) >= 11 is 0. The summed E-state index contributed by atoms with van der Waals surface area (Å²) in [7, 11) is 0. The van der Waals surface area contributed by atoms with E-state index in [0.29, 0.717) is 0 Å². The second-order valence-electron chi connectivity index (χ2n) is 3.87. The molecule has 1 nitrogen and oxygen atoms in total. The number of rotatable bonds is 0. The Labute approximate surface area is 89.9 Å². The van der Waals surface area contributed by atoms with Gasteiger partial charge in [0.25, 0.3) is 0 Å². The number of benzene rings is 1. The Balaban J connectivity index is 0.000000980. The zero-order chi connectivity index (χ0) is 9.42. The van der Waals surface area contributed by atoms with E-state index >= 15 is 0 Å². The van der Waals surface area contributed by atoms with Crippen molar-refractivity contribution in [3.8, 4) is 0 Å². The van der Waals surface area contributed by atoms with E-state index in [9.17, 15) is 4.39 Å². The average Bonchev–Trinajstić information content (AvgIpc) is 2.08. The van der Waals surface area contributed by atoms with Crippen molar-refractivity contribution in [2.75, 3.05) is 0 Å². The number of aryl methyl sites for hydroxylation is 2. The van der Waals surface area contributed by atoms with Crippen molar-refractivity contribution in [1.29, 1.82) is 0 Å². The molecule has 1 aromatic rings. The van der Waals surface area contributed by atoms with Crippen molar-refractivity contribution in [1.82, 2.24) is 0 Å². The van der Waals surface area contributed by atoms with E-state index in [2.05, 4.69) is 0 Å². The Morgan fingerprint density at radius 3 is 2.79 bits per heavy atom. The van der Waals surface area contributed by atoms with Gasteiger partial charge in [0.1, 0.15) is 5.82 Å². The van der Waals surface area contributed by atoms with Gasteiger partial charge in [0.05, 0.1) is 0 Å². The molecule has 1 atom stereocenters. The minimum atomic E-state index is -0.0887. The van der Waals surface area contributed by atoms with E-state index < -0.39 is 0 Å². The first-order chi connectivity index (χ1) is 6.16. The molecule has 2 N–H and O–H groups in total. The third-order valence-corrected chi connectivity index (χ3v) is 2.75. The molecule has 0 heterocycles. The molecule has 0 saturated carbocycles. The van der Waals surface area contributed by atoms with Gasteiger partial charge in [-0.25, -0.2) is 4.39 Å². The van der Waals surface area contributed by atoms with Crippen LogP contribution in [0.3, 0.4) is 0 Å². The summed E-state index contributed by atoms with van der Waals surface area (Å²) in [5.41, 5.74) is 8.95. The molecule has 0 spiro atoms. The molecule has 1 aliphatic rings. The minimum Gasteiger partial charge on any atom is -0.327 e. The van der Waals surface area contributed by atoms with Gasteiger partial charge in [-0.1, -0.05) is 6.07 Å². The zero-order valence-electron chi connectivity index (χ0n) is 8.22. The normalized spacial score (nSPS) is 19.8. The first-order valence-corrected chi connectivity index (χ1v) is 4.70. The molecule has 0 unspecified atom stereocenters. The number of halogens is 2. The van der Waals surface area contributed by atoms with E-state index in [4.69, 9.17) is 5.73 Å². The number of hydrogen-bond acceptors (Lipinski definition) is 1. The van der Waals surface area contributed by atoms with Crippen LogP contribution in [0.4, 0.5) is 4.39 Å². The summed E-state index contributed by atoms with van der Waals surface area (Å²) in [6.07, 6.45) is 2.81. The van der Waals surface area contributed by atoms with Crippen LogP contribution in [0.5, 0.6) is 0 Å². The molecular formula is C11H15ClFN. The Morgan fingerprint density at radius 1 is 1.36 bits per heavy atom. The van der Waals surface area contributed by atoms with Crippen LogP contribution in [0.2, 0.25) is 0 Å². The van der Waals surface area contributed by atoms with Gasteiger partial charge in [-0.2, -0.15) is 0 Å². The van der Waals surface area contributed by atoms with Gasteiger partial charge in [0.2, 0.25) is 0 Å². The molecule has 14 heavy (non-hydrogen) atoms. The highest BCUT2D eigenvalue weighted by Crippen LogP contribution is 2.23. The van der Waals surface area contributed by atoms with Crippen LogP contribution in [0, 0.1) is 12.7 Å². The van der Waals surface area contributed by atoms with Gasteiger partial charge in [0, 0.05) is 6.04 Å². The Morgan fingerprint density at radius 2 is 2.07 bits per heavy atom. The van der Waals surface area contributed by atoms with Gasteiger partial charge < -0.3 is 5.73 Å². The molecule has 1 aliphatic carbocycles. The third kappa shape index (κ3) is 2.07. The lowest BCUT2D eigenvalue weighted by Gasteiger charge is -2.21. The van der Waals surface area contributed by atoms with Crippen LogP contribution in [0.15, 0.2) is 12.1 Å². The summed E-state index contributed by atoms with van der Waals surface area (Å²) in [4.78, 5) is 0. The van der Waals surface area contributed by atoms with E-state index in [0.717, 1.165) is 30.4 Å². The lowest BCUT2D eigenvalue weighted by atomic mass is 9.87. The zero-order valence-corrected chi connectivity index (χ0v) is 9.03. The fourth-order valence-electron chi connectivity index (χ4n) is 1.93. The highest BCUT2D eigenvalue weighted by atomic mass is 35.5. The van der Waals surface area contributed by atoms with Crippen molar-refractivity contribution in [2.45, 2.75) is 32.2 Å². The summed E-state index contributed by atoms with van der Waals surface area (Å²) in [5.74, 6) is -0.0887. The fourth-order valence-corrected chi connectivity index (χ4v) is 1.93. The van der Waals surface area contributed by atoms with Gasteiger partial charge >= 0.3 is 0 Å². The van der Waals surface area contributed by atoms with Crippen LogP contribution in [0.1, 0.15) is 23.1 Å². The van der Waals surface area contributed by atoms with Crippen LogP contribution >= 0.6 is 12.4 Å². The largest absolute Gasteiger partial charge is 0.327 e. The van der Waals surface area contributed by atoms with Crippen molar-refractivity contribution in [3.63, 3.8) is 0 Å². The lowest BCUT2D eigenvalue weighted by molar-refractivity contribution is 0.563. The predicted molar refractivity (Wildman–Crippen MR) is 58.4 cm³/mol. The fraction of sp³-hybridized carbons (Fsp3) is 0.455. The van der Waals surface area contributed by atoms with E-state index in [-0.39, 0.29) is 24.3 Å². The minimum absolute atomic E-state index is 0. The Bertz CT molecular complexity index is 338. The highest BCUT2D eigenvalue weighted by molar-refractivity contribution is 5.85. The molecular weight excluding hydrogens is 201 g/mol.